The molecule has 0 bridgehead atoms. The largest absolute Gasteiger partial charge is 0.378 e. The van der Waals surface area contributed by atoms with Crippen molar-refractivity contribution >= 4 is 0 Å². The molecule has 2 fully saturated rings. The molecule has 0 spiro atoms. The standard InChI is InChI=1S/C11H21NO/c1-8(2)9-5-6-12-10(7-9)3-4-11(12)13/h8-11,13H,3-7H2,1-2H3. The van der Waals surface area contributed by atoms with Crippen LogP contribution in [0.5, 0.6) is 0 Å². The molecule has 2 heteroatoms. The van der Waals surface area contributed by atoms with Crippen LogP contribution in [0.2, 0.25) is 0 Å². The van der Waals surface area contributed by atoms with Crippen molar-refractivity contribution < 1.29 is 5.11 Å². The number of aliphatic hydroxyl groups excluding tert-OH is 1. The molecule has 13 heavy (non-hydrogen) atoms. The summed E-state index contributed by atoms with van der Waals surface area (Å²) in [5.74, 6) is 1.71. The zero-order chi connectivity index (χ0) is 9.42. The highest BCUT2D eigenvalue weighted by molar-refractivity contribution is 4.89. The third kappa shape index (κ3) is 1.75. The molecular weight excluding hydrogens is 162 g/mol. The Morgan fingerprint density at radius 3 is 2.69 bits per heavy atom. The summed E-state index contributed by atoms with van der Waals surface area (Å²) in [5.41, 5.74) is 0. The van der Waals surface area contributed by atoms with Crippen molar-refractivity contribution in [3.05, 3.63) is 0 Å². The molecule has 2 saturated heterocycles. The van der Waals surface area contributed by atoms with Gasteiger partial charge in [-0.2, -0.15) is 0 Å². The Hall–Kier alpha value is -0.0800. The fourth-order valence-corrected chi connectivity index (χ4v) is 2.89. The van der Waals surface area contributed by atoms with Crippen LogP contribution in [0.25, 0.3) is 0 Å². The molecule has 3 unspecified atom stereocenters. The van der Waals surface area contributed by atoms with E-state index < -0.39 is 0 Å². The Labute approximate surface area is 80.9 Å². The van der Waals surface area contributed by atoms with Crippen LogP contribution in [0.4, 0.5) is 0 Å². The van der Waals surface area contributed by atoms with E-state index >= 15 is 0 Å². The summed E-state index contributed by atoms with van der Waals surface area (Å²) in [6.07, 6.45) is 4.68. The normalized spacial score (nSPS) is 41.1. The lowest BCUT2D eigenvalue weighted by atomic mass is 9.83. The molecule has 0 aromatic heterocycles. The van der Waals surface area contributed by atoms with Gasteiger partial charge < -0.3 is 5.11 Å². The lowest BCUT2D eigenvalue weighted by Crippen LogP contribution is -2.43. The molecule has 0 aromatic rings. The second kappa shape index (κ2) is 3.58. The third-order valence-electron chi connectivity index (χ3n) is 3.89. The maximum absolute atomic E-state index is 9.68. The van der Waals surface area contributed by atoms with Crippen molar-refractivity contribution in [3.8, 4) is 0 Å². The average molecular weight is 183 g/mol. The Morgan fingerprint density at radius 1 is 1.23 bits per heavy atom. The zero-order valence-electron chi connectivity index (χ0n) is 8.74. The molecule has 2 rings (SSSR count). The molecule has 2 aliphatic rings. The lowest BCUT2D eigenvalue weighted by molar-refractivity contribution is -0.0126. The van der Waals surface area contributed by atoms with Crippen LogP contribution in [0.1, 0.15) is 39.5 Å². The van der Waals surface area contributed by atoms with E-state index in [1.165, 1.54) is 19.3 Å². The van der Waals surface area contributed by atoms with Gasteiger partial charge in [0.1, 0.15) is 6.23 Å². The quantitative estimate of drug-likeness (QED) is 0.670. The fourth-order valence-electron chi connectivity index (χ4n) is 2.89. The molecule has 3 atom stereocenters. The molecule has 2 aliphatic heterocycles. The Bertz CT molecular complexity index is 181. The molecule has 1 N–H and O–H groups in total. The molecule has 2 heterocycles. The van der Waals surface area contributed by atoms with E-state index in [0.717, 1.165) is 24.8 Å². The van der Waals surface area contributed by atoms with Gasteiger partial charge in [-0.1, -0.05) is 13.8 Å². The van der Waals surface area contributed by atoms with Gasteiger partial charge in [0.05, 0.1) is 0 Å². The van der Waals surface area contributed by atoms with Gasteiger partial charge in [0.25, 0.3) is 0 Å². The number of nitrogens with zero attached hydrogens (tertiary/aromatic N) is 1. The fraction of sp³-hybridized carbons (Fsp3) is 1.00. The minimum absolute atomic E-state index is 0.127. The van der Waals surface area contributed by atoms with E-state index in [1.807, 2.05) is 0 Å². The van der Waals surface area contributed by atoms with E-state index in [0.29, 0.717) is 6.04 Å². The molecule has 0 radical (unpaired) electrons. The highest BCUT2D eigenvalue weighted by atomic mass is 16.3. The first-order valence-corrected chi connectivity index (χ1v) is 5.62. The van der Waals surface area contributed by atoms with E-state index in [-0.39, 0.29) is 6.23 Å². The van der Waals surface area contributed by atoms with Crippen LogP contribution < -0.4 is 0 Å². The van der Waals surface area contributed by atoms with E-state index in [4.69, 9.17) is 0 Å². The van der Waals surface area contributed by atoms with Crippen LogP contribution in [0.15, 0.2) is 0 Å². The maximum Gasteiger partial charge on any atom is 0.107 e. The molecule has 0 aliphatic carbocycles. The predicted octanol–water partition coefficient (Wildman–Crippen LogP) is 1.84. The van der Waals surface area contributed by atoms with Crippen LogP contribution in [-0.4, -0.2) is 28.8 Å². The van der Waals surface area contributed by atoms with Gasteiger partial charge in [0, 0.05) is 12.6 Å². The van der Waals surface area contributed by atoms with Gasteiger partial charge in [-0.3, -0.25) is 4.90 Å². The minimum Gasteiger partial charge on any atom is -0.378 e. The number of fused-ring (bicyclic) bond motifs is 1. The number of piperidine rings is 1. The number of hydrogen-bond acceptors (Lipinski definition) is 2. The van der Waals surface area contributed by atoms with Crippen molar-refractivity contribution in [3.63, 3.8) is 0 Å². The number of aliphatic hydroxyl groups is 1. The van der Waals surface area contributed by atoms with E-state index in [9.17, 15) is 5.11 Å². The van der Waals surface area contributed by atoms with Gasteiger partial charge in [0.15, 0.2) is 0 Å². The summed E-state index contributed by atoms with van der Waals surface area (Å²) in [6, 6.07) is 0.691. The summed E-state index contributed by atoms with van der Waals surface area (Å²) in [7, 11) is 0. The topological polar surface area (TPSA) is 23.5 Å². The number of rotatable bonds is 1. The smallest absolute Gasteiger partial charge is 0.107 e. The monoisotopic (exact) mass is 183 g/mol. The maximum atomic E-state index is 9.68. The summed E-state index contributed by atoms with van der Waals surface area (Å²) >= 11 is 0. The van der Waals surface area contributed by atoms with Gasteiger partial charge in [0.2, 0.25) is 0 Å². The van der Waals surface area contributed by atoms with Gasteiger partial charge in [-0.25, -0.2) is 0 Å². The highest BCUT2D eigenvalue weighted by Crippen LogP contribution is 2.35. The van der Waals surface area contributed by atoms with Crippen LogP contribution in [-0.2, 0) is 0 Å². The number of hydrogen-bond donors (Lipinski definition) is 1. The van der Waals surface area contributed by atoms with Crippen molar-refractivity contribution in [1.82, 2.24) is 4.90 Å². The van der Waals surface area contributed by atoms with Gasteiger partial charge in [-0.15, -0.1) is 0 Å². The SMILES string of the molecule is CC(C)C1CCN2C(O)CCC2C1. The van der Waals surface area contributed by atoms with E-state index in [1.54, 1.807) is 0 Å². The average Bonchev–Trinajstić information content (AvgIpc) is 2.47. The Balaban J connectivity index is 1.95. The summed E-state index contributed by atoms with van der Waals surface area (Å²) in [6.45, 7) is 5.77. The first-order chi connectivity index (χ1) is 6.18. The predicted molar refractivity (Wildman–Crippen MR) is 53.3 cm³/mol. The zero-order valence-corrected chi connectivity index (χ0v) is 8.74. The highest BCUT2D eigenvalue weighted by Gasteiger charge is 2.37. The lowest BCUT2D eigenvalue weighted by Gasteiger charge is -2.37. The van der Waals surface area contributed by atoms with Gasteiger partial charge >= 0.3 is 0 Å². The first kappa shape index (κ1) is 9.47. The molecule has 2 nitrogen and oxygen atoms in total. The molecular formula is C11H21NO. The van der Waals surface area contributed by atoms with E-state index in [2.05, 4.69) is 18.7 Å². The summed E-state index contributed by atoms with van der Waals surface area (Å²) in [4.78, 5) is 2.30. The van der Waals surface area contributed by atoms with Crippen molar-refractivity contribution in [2.24, 2.45) is 11.8 Å². The summed E-state index contributed by atoms with van der Waals surface area (Å²) in [5, 5.41) is 9.68. The van der Waals surface area contributed by atoms with Crippen molar-refractivity contribution in [2.75, 3.05) is 6.54 Å². The third-order valence-corrected chi connectivity index (χ3v) is 3.89. The van der Waals surface area contributed by atoms with Crippen LogP contribution in [0, 0.1) is 11.8 Å². The van der Waals surface area contributed by atoms with Gasteiger partial charge in [-0.05, 0) is 37.5 Å². The molecule has 0 saturated carbocycles. The van der Waals surface area contributed by atoms with Crippen molar-refractivity contribution in [2.45, 2.75) is 51.8 Å². The second-order valence-corrected chi connectivity index (χ2v) is 4.98. The van der Waals surface area contributed by atoms with Crippen LogP contribution in [0.3, 0.4) is 0 Å². The second-order valence-electron chi connectivity index (χ2n) is 4.98. The minimum atomic E-state index is -0.127. The van der Waals surface area contributed by atoms with Crippen LogP contribution >= 0.6 is 0 Å². The van der Waals surface area contributed by atoms with Crippen molar-refractivity contribution in [1.29, 1.82) is 0 Å². The molecule has 76 valence electrons. The molecule has 0 amide bonds. The summed E-state index contributed by atoms with van der Waals surface area (Å²) < 4.78 is 0. The Kier molecular flexibility index (Phi) is 2.61. The first-order valence-electron chi connectivity index (χ1n) is 5.62. The molecule has 0 aromatic carbocycles. The Morgan fingerprint density at radius 2 is 2.00 bits per heavy atom.